The monoisotopic (exact) mass is 329 g/mol. The van der Waals surface area contributed by atoms with E-state index in [0.29, 0.717) is 27.9 Å². The molecule has 0 spiro atoms. The smallest absolute Gasteiger partial charge is 0.256 e. The van der Waals surface area contributed by atoms with Crippen LogP contribution in [0.2, 0.25) is 5.02 Å². The summed E-state index contributed by atoms with van der Waals surface area (Å²) in [5.74, 6) is 1.28. The van der Waals surface area contributed by atoms with Gasteiger partial charge in [0.1, 0.15) is 17.3 Å². The van der Waals surface area contributed by atoms with Gasteiger partial charge in [0.15, 0.2) is 0 Å². The van der Waals surface area contributed by atoms with Crippen LogP contribution in [0.1, 0.15) is 17.3 Å². The number of aliphatic imine (C=N–C) groups is 1. The second kappa shape index (κ2) is 8.10. The van der Waals surface area contributed by atoms with Crippen LogP contribution in [0.15, 0.2) is 65.6 Å². The normalized spacial score (nSPS) is 12.0. The van der Waals surface area contributed by atoms with Crippen molar-refractivity contribution in [3.63, 3.8) is 0 Å². The molecule has 23 heavy (non-hydrogen) atoms. The van der Waals surface area contributed by atoms with E-state index in [2.05, 4.69) is 15.3 Å². The quantitative estimate of drug-likeness (QED) is 0.530. The van der Waals surface area contributed by atoms with E-state index in [1.54, 1.807) is 68.8 Å². The lowest BCUT2D eigenvalue weighted by Gasteiger charge is -2.08. The van der Waals surface area contributed by atoms with E-state index in [-0.39, 0.29) is 5.91 Å². The average Bonchev–Trinajstić information content (AvgIpc) is 2.55. The SMILES string of the molecule is CN=C(C=C(C)Oc1cccnc1)NC(=O)c1cccc(Cl)c1. The molecule has 0 saturated carbocycles. The Morgan fingerprint density at radius 3 is 2.83 bits per heavy atom. The lowest BCUT2D eigenvalue weighted by atomic mass is 10.2. The fraction of sp³-hybridized carbons (Fsp3) is 0.118. The van der Waals surface area contributed by atoms with E-state index >= 15 is 0 Å². The maximum Gasteiger partial charge on any atom is 0.256 e. The minimum absolute atomic E-state index is 0.293. The van der Waals surface area contributed by atoms with Crippen molar-refractivity contribution in [2.45, 2.75) is 6.92 Å². The highest BCUT2D eigenvalue weighted by molar-refractivity contribution is 6.31. The summed E-state index contributed by atoms with van der Waals surface area (Å²) in [4.78, 5) is 20.2. The summed E-state index contributed by atoms with van der Waals surface area (Å²) in [6, 6.07) is 10.3. The zero-order valence-corrected chi connectivity index (χ0v) is 13.5. The standard InChI is InChI=1S/C17H16ClN3O2/c1-12(23-15-7-4-8-20-11-15)9-16(19-2)21-17(22)13-5-3-6-14(18)10-13/h3-11H,1-2H3,(H,19,21,22). The molecule has 1 N–H and O–H groups in total. The predicted octanol–water partition coefficient (Wildman–Crippen LogP) is 3.48. The van der Waals surface area contributed by atoms with Gasteiger partial charge in [0, 0.05) is 29.9 Å². The van der Waals surface area contributed by atoms with Crippen LogP contribution in [-0.2, 0) is 0 Å². The molecule has 0 bridgehead atoms. The molecule has 6 heteroatoms. The first kappa shape index (κ1) is 16.7. The van der Waals surface area contributed by atoms with E-state index in [1.165, 1.54) is 0 Å². The molecule has 0 saturated heterocycles. The number of pyridine rings is 1. The lowest BCUT2D eigenvalue weighted by Crippen LogP contribution is -2.29. The van der Waals surface area contributed by atoms with Gasteiger partial charge in [0.25, 0.3) is 5.91 Å². The van der Waals surface area contributed by atoms with Gasteiger partial charge in [0.05, 0.1) is 6.20 Å². The number of hydrogen-bond donors (Lipinski definition) is 1. The highest BCUT2D eigenvalue weighted by atomic mass is 35.5. The van der Waals surface area contributed by atoms with Crippen molar-refractivity contribution in [3.05, 3.63) is 71.2 Å². The Balaban J connectivity index is 2.05. The van der Waals surface area contributed by atoms with Crippen LogP contribution >= 0.6 is 11.6 Å². The van der Waals surface area contributed by atoms with E-state index in [4.69, 9.17) is 16.3 Å². The van der Waals surface area contributed by atoms with Crippen LogP contribution in [0.3, 0.4) is 0 Å². The summed E-state index contributed by atoms with van der Waals surface area (Å²) in [7, 11) is 1.58. The molecular formula is C17H16ClN3O2. The van der Waals surface area contributed by atoms with Crippen molar-refractivity contribution in [3.8, 4) is 5.75 Å². The topological polar surface area (TPSA) is 63.6 Å². The van der Waals surface area contributed by atoms with Crippen molar-refractivity contribution in [1.29, 1.82) is 0 Å². The number of aromatic nitrogens is 1. The number of halogens is 1. The molecule has 0 atom stereocenters. The Bertz CT molecular complexity index is 743. The van der Waals surface area contributed by atoms with Crippen molar-refractivity contribution < 1.29 is 9.53 Å². The first-order valence-electron chi connectivity index (χ1n) is 6.88. The molecule has 0 fully saturated rings. The molecule has 0 aliphatic rings. The second-order valence-corrected chi connectivity index (χ2v) is 5.06. The largest absolute Gasteiger partial charge is 0.460 e. The molecule has 0 aliphatic carbocycles. The molecule has 2 aromatic rings. The number of allylic oxidation sites excluding steroid dienone is 1. The Hall–Kier alpha value is -2.66. The predicted molar refractivity (Wildman–Crippen MR) is 90.9 cm³/mol. The third kappa shape index (κ3) is 5.23. The summed E-state index contributed by atoms with van der Waals surface area (Å²) in [5.41, 5.74) is 0.456. The molecule has 0 aliphatic heterocycles. The summed E-state index contributed by atoms with van der Waals surface area (Å²) in [5, 5.41) is 3.21. The van der Waals surface area contributed by atoms with Gasteiger partial charge >= 0.3 is 0 Å². The van der Waals surface area contributed by atoms with Gasteiger partial charge in [-0.05, 0) is 37.3 Å². The fourth-order valence-electron chi connectivity index (χ4n) is 1.79. The number of nitrogens with one attached hydrogen (secondary N) is 1. The lowest BCUT2D eigenvalue weighted by molar-refractivity contribution is 0.0977. The van der Waals surface area contributed by atoms with Crippen LogP contribution in [0.5, 0.6) is 5.75 Å². The molecular weight excluding hydrogens is 314 g/mol. The first-order valence-corrected chi connectivity index (χ1v) is 7.26. The number of amidine groups is 1. The molecule has 1 heterocycles. The number of benzene rings is 1. The summed E-state index contributed by atoms with van der Waals surface area (Å²) in [6.07, 6.45) is 4.90. The molecule has 2 rings (SSSR count). The molecule has 5 nitrogen and oxygen atoms in total. The van der Waals surface area contributed by atoms with Crippen LogP contribution in [0, 0.1) is 0 Å². The summed E-state index contributed by atoms with van der Waals surface area (Å²) < 4.78 is 5.60. The molecule has 0 radical (unpaired) electrons. The van der Waals surface area contributed by atoms with Crippen LogP contribution < -0.4 is 10.1 Å². The first-order chi connectivity index (χ1) is 11.1. The molecule has 1 amide bonds. The van der Waals surface area contributed by atoms with Gasteiger partial charge in [-0.3, -0.25) is 14.8 Å². The zero-order chi connectivity index (χ0) is 16.7. The number of rotatable bonds is 4. The van der Waals surface area contributed by atoms with Crippen molar-refractivity contribution in [2.75, 3.05) is 7.05 Å². The van der Waals surface area contributed by atoms with Crippen molar-refractivity contribution in [2.24, 2.45) is 4.99 Å². The van der Waals surface area contributed by atoms with Gasteiger partial charge in [-0.15, -0.1) is 0 Å². The molecule has 0 unspecified atom stereocenters. The number of hydrogen-bond acceptors (Lipinski definition) is 4. The molecule has 118 valence electrons. The third-order valence-electron chi connectivity index (χ3n) is 2.82. The van der Waals surface area contributed by atoms with E-state index in [0.717, 1.165) is 0 Å². The van der Waals surface area contributed by atoms with Crippen molar-refractivity contribution >= 4 is 23.3 Å². The Labute approximate surface area is 139 Å². The van der Waals surface area contributed by atoms with Crippen LogP contribution in [-0.4, -0.2) is 23.8 Å². The van der Waals surface area contributed by atoms with Gasteiger partial charge in [-0.1, -0.05) is 17.7 Å². The van der Waals surface area contributed by atoms with Gasteiger partial charge in [-0.2, -0.15) is 0 Å². The third-order valence-corrected chi connectivity index (χ3v) is 3.06. The number of carbonyl (C=O) groups is 1. The van der Waals surface area contributed by atoms with Gasteiger partial charge < -0.3 is 10.1 Å². The number of ether oxygens (including phenoxy) is 1. The van der Waals surface area contributed by atoms with Crippen LogP contribution in [0.4, 0.5) is 0 Å². The van der Waals surface area contributed by atoms with E-state index < -0.39 is 0 Å². The second-order valence-electron chi connectivity index (χ2n) is 4.62. The average molecular weight is 330 g/mol. The minimum Gasteiger partial charge on any atom is -0.460 e. The van der Waals surface area contributed by atoms with Gasteiger partial charge in [0.2, 0.25) is 0 Å². The number of carbonyl (C=O) groups excluding carboxylic acids is 1. The zero-order valence-electron chi connectivity index (χ0n) is 12.8. The van der Waals surface area contributed by atoms with E-state index in [1.807, 2.05) is 0 Å². The maximum absolute atomic E-state index is 12.2. The molecule has 1 aromatic carbocycles. The highest BCUT2D eigenvalue weighted by Gasteiger charge is 2.08. The van der Waals surface area contributed by atoms with Gasteiger partial charge in [-0.25, -0.2) is 0 Å². The van der Waals surface area contributed by atoms with Crippen LogP contribution in [0.25, 0.3) is 0 Å². The number of nitrogens with zero attached hydrogens (tertiary/aromatic N) is 2. The Morgan fingerprint density at radius 2 is 2.17 bits per heavy atom. The Morgan fingerprint density at radius 1 is 1.35 bits per heavy atom. The maximum atomic E-state index is 12.2. The minimum atomic E-state index is -0.293. The Kier molecular flexibility index (Phi) is 5.88. The fourth-order valence-corrected chi connectivity index (χ4v) is 1.98. The van der Waals surface area contributed by atoms with E-state index in [9.17, 15) is 4.79 Å². The summed E-state index contributed by atoms with van der Waals surface area (Å²) in [6.45, 7) is 1.77. The highest BCUT2D eigenvalue weighted by Crippen LogP contribution is 2.12. The molecule has 1 aromatic heterocycles. The summed E-state index contributed by atoms with van der Waals surface area (Å²) >= 11 is 5.89. The van der Waals surface area contributed by atoms with Crippen molar-refractivity contribution in [1.82, 2.24) is 10.3 Å². The number of amides is 1.